The quantitative estimate of drug-likeness (QED) is 0.754. The van der Waals surface area contributed by atoms with E-state index in [2.05, 4.69) is 0 Å². The van der Waals surface area contributed by atoms with Gasteiger partial charge in [0.25, 0.3) is 0 Å². The van der Waals surface area contributed by atoms with Crippen molar-refractivity contribution in [3.63, 3.8) is 0 Å². The summed E-state index contributed by atoms with van der Waals surface area (Å²) in [5, 5.41) is 0. The molecule has 1 aromatic rings. The predicted octanol–water partition coefficient (Wildman–Crippen LogP) is 3.70. The third-order valence-corrected chi connectivity index (χ3v) is 2.71. The highest BCUT2D eigenvalue weighted by Gasteiger charge is 2.34. The van der Waals surface area contributed by atoms with Crippen LogP contribution in [-0.2, 0) is 10.9 Å². The Bertz CT molecular complexity index is 413. The first-order valence-corrected chi connectivity index (χ1v) is 5.58. The standard InChI is InChI=1S/C13H15F3O2/c1-9(18-2)7-8-12(17)10-5-3-4-6-11(10)13(14,15)16/h3-6,9H,7-8H2,1-2H3. The van der Waals surface area contributed by atoms with Crippen LogP contribution in [0.25, 0.3) is 0 Å². The average molecular weight is 260 g/mol. The second-order valence-electron chi connectivity index (χ2n) is 4.05. The molecule has 1 rings (SSSR count). The molecule has 0 radical (unpaired) electrons. The van der Waals surface area contributed by atoms with Gasteiger partial charge in [0, 0.05) is 19.1 Å². The van der Waals surface area contributed by atoms with Crippen LogP contribution in [0, 0.1) is 0 Å². The minimum atomic E-state index is -4.50. The molecule has 0 amide bonds. The fourth-order valence-electron chi connectivity index (χ4n) is 1.56. The van der Waals surface area contributed by atoms with Gasteiger partial charge in [-0.3, -0.25) is 4.79 Å². The number of ketones is 1. The summed E-state index contributed by atoms with van der Waals surface area (Å²) in [4.78, 5) is 11.8. The highest BCUT2D eigenvalue weighted by Crippen LogP contribution is 2.32. The van der Waals surface area contributed by atoms with E-state index >= 15 is 0 Å². The van der Waals surface area contributed by atoms with Crippen LogP contribution in [0.15, 0.2) is 24.3 Å². The Morgan fingerprint density at radius 2 is 1.94 bits per heavy atom. The zero-order valence-corrected chi connectivity index (χ0v) is 10.3. The molecule has 1 aromatic carbocycles. The molecule has 0 fully saturated rings. The van der Waals surface area contributed by atoms with Gasteiger partial charge >= 0.3 is 6.18 Å². The van der Waals surface area contributed by atoms with Gasteiger partial charge in [0.15, 0.2) is 5.78 Å². The van der Waals surface area contributed by atoms with Crippen LogP contribution in [-0.4, -0.2) is 19.0 Å². The van der Waals surface area contributed by atoms with Crippen molar-refractivity contribution in [2.45, 2.75) is 32.0 Å². The Morgan fingerprint density at radius 1 is 1.33 bits per heavy atom. The van der Waals surface area contributed by atoms with Gasteiger partial charge in [-0.1, -0.05) is 18.2 Å². The van der Waals surface area contributed by atoms with E-state index < -0.39 is 17.5 Å². The molecular formula is C13H15F3O2. The third kappa shape index (κ3) is 3.84. The molecule has 0 spiro atoms. The van der Waals surface area contributed by atoms with Crippen molar-refractivity contribution in [1.82, 2.24) is 0 Å². The smallest absolute Gasteiger partial charge is 0.382 e. The van der Waals surface area contributed by atoms with Crippen molar-refractivity contribution in [2.24, 2.45) is 0 Å². The van der Waals surface area contributed by atoms with E-state index in [1.54, 1.807) is 6.92 Å². The zero-order valence-electron chi connectivity index (χ0n) is 10.3. The molecular weight excluding hydrogens is 245 g/mol. The Kier molecular flexibility index (Phi) is 4.90. The molecule has 1 atom stereocenters. The minimum Gasteiger partial charge on any atom is -0.382 e. The van der Waals surface area contributed by atoms with E-state index in [9.17, 15) is 18.0 Å². The van der Waals surface area contributed by atoms with Crippen LogP contribution in [0.5, 0.6) is 0 Å². The first-order valence-electron chi connectivity index (χ1n) is 5.58. The molecule has 0 bridgehead atoms. The number of rotatable bonds is 5. The first-order chi connectivity index (χ1) is 8.36. The normalized spacial score (nSPS) is 13.4. The van der Waals surface area contributed by atoms with Crippen molar-refractivity contribution in [3.05, 3.63) is 35.4 Å². The number of hydrogen-bond acceptors (Lipinski definition) is 2. The predicted molar refractivity (Wildman–Crippen MR) is 61.5 cm³/mol. The third-order valence-electron chi connectivity index (χ3n) is 2.71. The molecule has 0 aliphatic rings. The van der Waals surface area contributed by atoms with Crippen LogP contribution >= 0.6 is 0 Å². The number of Topliss-reactive ketones (excluding diaryl/α,β-unsaturated/α-hetero) is 1. The van der Waals surface area contributed by atoms with E-state index in [0.717, 1.165) is 6.07 Å². The lowest BCUT2D eigenvalue weighted by Gasteiger charge is -2.13. The van der Waals surface area contributed by atoms with Crippen molar-refractivity contribution < 1.29 is 22.7 Å². The number of benzene rings is 1. The molecule has 0 saturated heterocycles. The fourth-order valence-corrected chi connectivity index (χ4v) is 1.56. The second kappa shape index (κ2) is 6.00. The molecule has 0 N–H and O–H groups in total. The number of ether oxygens (including phenoxy) is 1. The topological polar surface area (TPSA) is 26.3 Å². The van der Waals surface area contributed by atoms with Gasteiger partial charge < -0.3 is 4.74 Å². The molecule has 0 saturated carbocycles. The van der Waals surface area contributed by atoms with E-state index in [1.165, 1.54) is 25.3 Å². The molecule has 0 aliphatic carbocycles. The summed E-state index contributed by atoms with van der Waals surface area (Å²) in [5.41, 5.74) is -1.15. The van der Waals surface area contributed by atoms with Crippen LogP contribution in [0.1, 0.15) is 35.7 Å². The largest absolute Gasteiger partial charge is 0.417 e. The maximum absolute atomic E-state index is 12.7. The lowest BCUT2D eigenvalue weighted by atomic mass is 9.99. The van der Waals surface area contributed by atoms with Crippen LogP contribution in [0.2, 0.25) is 0 Å². The highest BCUT2D eigenvalue weighted by atomic mass is 19.4. The van der Waals surface area contributed by atoms with Crippen molar-refractivity contribution >= 4 is 5.78 Å². The van der Waals surface area contributed by atoms with Gasteiger partial charge in [0.05, 0.1) is 11.7 Å². The number of alkyl halides is 3. The molecule has 2 nitrogen and oxygen atoms in total. The molecule has 0 aliphatic heterocycles. The van der Waals surface area contributed by atoms with Crippen LogP contribution in [0.4, 0.5) is 13.2 Å². The van der Waals surface area contributed by atoms with Gasteiger partial charge in [-0.2, -0.15) is 13.2 Å². The maximum atomic E-state index is 12.7. The summed E-state index contributed by atoms with van der Waals surface area (Å²) in [6, 6.07) is 4.84. The number of halogens is 3. The van der Waals surface area contributed by atoms with Gasteiger partial charge in [0.1, 0.15) is 0 Å². The monoisotopic (exact) mass is 260 g/mol. The second-order valence-corrected chi connectivity index (χ2v) is 4.05. The van der Waals surface area contributed by atoms with Gasteiger partial charge in [-0.05, 0) is 19.4 Å². The Hall–Kier alpha value is -1.36. The van der Waals surface area contributed by atoms with E-state index in [-0.39, 0.29) is 18.1 Å². The summed E-state index contributed by atoms with van der Waals surface area (Å²) < 4.78 is 43.0. The Morgan fingerprint density at radius 3 is 2.50 bits per heavy atom. The van der Waals surface area contributed by atoms with Crippen molar-refractivity contribution in [3.8, 4) is 0 Å². The number of methoxy groups -OCH3 is 1. The summed E-state index contributed by atoms with van der Waals surface area (Å²) in [6.07, 6.45) is -4.20. The highest BCUT2D eigenvalue weighted by molar-refractivity contribution is 5.97. The fraction of sp³-hybridized carbons (Fsp3) is 0.462. The number of carbonyl (C=O) groups excluding carboxylic acids is 1. The van der Waals surface area contributed by atoms with Gasteiger partial charge in [-0.25, -0.2) is 0 Å². The van der Waals surface area contributed by atoms with Gasteiger partial charge in [-0.15, -0.1) is 0 Å². The molecule has 0 heterocycles. The number of carbonyl (C=O) groups is 1. The lowest BCUT2D eigenvalue weighted by Crippen LogP contribution is -2.14. The first kappa shape index (κ1) is 14.7. The molecule has 1 unspecified atom stereocenters. The van der Waals surface area contributed by atoms with Crippen LogP contribution in [0.3, 0.4) is 0 Å². The molecule has 100 valence electrons. The minimum absolute atomic E-state index is 0.0437. The molecule has 0 aromatic heterocycles. The van der Waals surface area contributed by atoms with Crippen molar-refractivity contribution in [2.75, 3.05) is 7.11 Å². The maximum Gasteiger partial charge on any atom is 0.417 e. The summed E-state index contributed by atoms with van der Waals surface area (Å²) in [5.74, 6) is -0.508. The zero-order chi connectivity index (χ0) is 13.8. The average Bonchev–Trinajstić information content (AvgIpc) is 2.34. The summed E-state index contributed by atoms with van der Waals surface area (Å²) in [7, 11) is 1.50. The summed E-state index contributed by atoms with van der Waals surface area (Å²) in [6.45, 7) is 1.77. The van der Waals surface area contributed by atoms with Crippen molar-refractivity contribution in [1.29, 1.82) is 0 Å². The summed E-state index contributed by atoms with van der Waals surface area (Å²) >= 11 is 0. The Balaban J connectivity index is 2.86. The lowest BCUT2D eigenvalue weighted by molar-refractivity contribution is -0.137. The van der Waals surface area contributed by atoms with Crippen LogP contribution < -0.4 is 0 Å². The van der Waals surface area contributed by atoms with E-state index in [4.69, 9.17) is 4.74 Å². The molecule has 5 heteroatoms. The van der Waals surface area contributed by atoms with E-state index in [0.29, 0.717) is 6.42 Å². The molecule has 18 heavy (non-hydrogen) atoms. The Labute approximate surface area is 104 Å². The SMILES string of the molecule is COC(C)CCC(=O)c1ccccc1C(F)(F)F. The van der Waals surface area contributed by atoms with E-state index in [1.807, 2.05) is 0 Å². The number of hydrogen-bond donors (Lipinski definition) is 0. The van der Waals surface area contributed by atoms with Gasteiger partial charge in [0.2, 0.25) is 0 Å².